The van der Waals surface area contributed by atoms with Crippen molar-refractivity contribution < 1.29 is 0 Å². The van der Waals surface area contributed by atoms with E-state index in [-0.39, 0.29) is 0 Å². The molecule has 2 saturated carbocycles. The van der Waals surface area contributed by atoms with Crippen LogP contribution >= 0.6 is 0 Å². The van der Waals surface area contributed by atoms with Gasteiger partial charge in [0, 0.05) is 65.8 Å². The molecule has 0 N–H and O–H groups in total. The van der Waals surface area contributed by atoms with Gasteiger partial charge in [0.1, 0.15) is 0 Å². The van der Waals surface area contributed by atoms with Crippen molar-refractivity contribution in [2.24, 2.45) is 0 Å². The number of benzene rings is 9. The zero-order chi connectivity index (χ0) is 44.5. The Bertz CT molecular complexity index is 3680. The Labute approximate surface area is 395 Å². The zero-order valence-corrected chi connectivity index (χ0v) is 38.1. The molecule has 4 aromatic heterocycles. The average Bonchev–Trinajstić information content (AvgIpc) is 4.28. The molecule has 68 heavy (non-hydrogen) atoms. The lowest BCUT2D eigenvalue weighted by atomic mass is 9.95. The number of hydrogen-bond donors (Lipinski definition) is 0. The third-order valence-corrected chi connectivity index (χ3v) is 16.2. The molecule has 2 fully saturated rings. The van der Waals surface area contributed by atoms with Crippen LogP contribution in [0.3, 0.4) is 0 Å². The summed E-state index contributed by atoms with van der Waals surface area (Å²) in [5, 5.41) is 10.5. The molecule has 0 unspecified atom stereocenters. The summed E-state index contributed by atoms with van der Waals surface area (Å²) in [6.07, 6.45) is 10.4. The van der Waals surface area contributed by atoms with Gasteiger partial charge in [-0.25, -0.2) is 0 Å². The van der Waals surface area contributed by atoms with Crippen molar-refractivity contribution in [2.75, 3.05) is 9.80 Å². The molecule has 4 heterocycles. The van der Waals surface area contributed by atoms with E-state index in [1.807, 2.05) is 0 Å². The van der Waals surface area contributed by atoms with Crippen LogP contribution in [0.1, 0.15) is 74.3 Å². The number of aromatic nitrogens is 2. The van der Waals surface area contributed by atoms with Crippen LogP contribution in [0.4, 0.5) is 34.1 Å². The molecule has 0 saturated heterocycles. The molecule has 0 radical (unpaired) electrons. The van der Waals surface area contributed by atoms with Crippen molar-refractivity contribution in [1.82, 2.24) is 8.80 Å². The number of hydrogen-bond acceptors (Lipinski definition) is 2. The summed E-state index contributed by atoms with van der Waals surface area (Å²) in [6.45, 7) is 0. The summed E-state index contributed by atoms with van der Waals surface area (Å²) >= 11 is 0. The van der Waals surface area contributed by atoms with Gasteiger partial charge in [-0.1, -0.05) is 135 Å². The first-order chi connectivity index (χ1) is 33.8. The number of fused-ring (bicyclic) bond motifs is 12. The van der Waals surface area contributed by atoms with Gasteiger partial charge < -0.3 is 18.6 Å². The maximum Gasteiger partial charge on any atom is 0.0641 e. The molecule has 13 aromatic rings. The Hall–Kier alpha value is -7.82. The minimum absolute atomic E-state index is 0.613. The van der Waals surface area contributed by atoms with Gasteiger partial charge in [0.25, 0.3) is 0 Å². The summed E-state index contributed by atoms with van der Waals surface area (Å²) in [7, 11) is 0. The first-order valence-corrected chi connectivity index (χ1v) is 25.0. The number of para-hydroxylation sites is 4. The van der Waals surface area contributed by atoms with Crippen LogP contribution in [0.5, 0.6) is 0 Å². The first kappa shape index (κ1) is 38.3. The Morgan fingerprint density at radius 2 is 0.632 bits per heavy atom. The van der Waals surface area contributed by atoms with E-state index in [4.69, 9.17) is 0 Å². The standard InChI is InChI=1S/C64H50N4/c1-5-21-45(22-6-1)65(46-23-7-2-8-24-46)55-35-33-49-53-39-60-54(40-59(53)67-57-37-43(41-17-13-14-18-41)29-31-51(57)61(55)63(49)67)50-34-36-56(66(47-25-9-3-10-26-47)48-27-11-4-12-28-48)62-52-32-30-44(42-19-15-16-20-42)38-58(52)68(60)64(50)62/h1-12,21-42H,13-20H2. The number of anilines is 6. The fourth-order valence-corrected chi connectivity index (χ4v) is 13.2. The average molecular weight is 875 g/mol. The monoisotopic (exact) mass is 874 g/mol. The third kappa shape index (κ3) is 5.49. The van der Waals surface area contributed by atoms with E-state index in [1.165, 1.54) is 150 Å². The Balaban J connectivity index is 1.06. The highest BCUT2D eigenvalue weighted by molar-refractivity contribution is 6.32. The van der Waals surface area contributed by atoms with E-state index in [9.17, 15) is 0 Å². The largest absolute Gasteiger partial charge is 0.310 e. The predicted octanol–water partition coefficient (Wildman–Crippen LogP) is 18.2. The van der Waals surface area contributed by atoms with Crippen LogP contribution in [-0.2, 0) is 0 Å². The molecular weight excluding hydrogens is 825 g/mol. The van der Waals surface area contributed by atoms with Gasteiger partial charge in [0.15, 0.2) is 0 Å². The van der Waals surface area contributed by atoms with Crippen molar-refractivity contribution in [1.29, 1.82) is 0 Å². The molecule has 0 aliphatic heterocycles. The molecule has 0 bridgehead atoms. The van der Waals surface area contributed by atoms with E-state index in [0.717, 1.165) is 22.7 Å². The molecule has 9 aromatic carbocycles. The highest BCUT2D eigenvalue weighted by Gasteiger charge is 2.29. The molecule has 4 nitrogen and oxygen atoms in total. The van der Waals surface area contributed by atoms with Crippen LogP contribution in [0.15, 0.2) is 194 Å². The van der Waals surface area contributed by atoms with Crippen LogP contribution < -0.4 is 9.80 Å². The lowest BCUT2D eigenvalue weighted by Gasteiger charge is -2.26. The SMILES string of the molecule is c1ccc(N(c2ccccc2)c2ccc3c4cc5c(cc4n4c6cc(C7CCCC7)ccc6c2c34)c2ccc(N(c3ccccc3)c3ccccc3)c3c4ccc(C6CCCC6)cc4n5c23)cc1. The lowest BCUT2D eigenvalue weighted by molar-refractivity contribution is 0.724. The van der Waals surface area contributed by atoms with Crippen LogP contribution in [0.2, 0.25) is 0 Å². The van der Waals surface area contributed by atoms with Crippen LogP contribution in [-0.4, -0.2) is 8.80 Å². The quantitative estimate of drug-likeness (QED) is 0.151. The smallest absolute Gasteiger partial charge is 0.0641 e. The van der Waals surface area contributed by atoms with Crippen molar-refractivity contribution in [3.63, 3.8) is 0 Å². The Morgan fingerprint density at radius 1 is 0.309 bits per heavy atom. The van der Waals surface area contributed by atoms with Crippen LogP contribution in [0.25, 0.3) is 76.2 Å². The summed E-state index contributed by atoms with van der Waals surface area (Å²) in [4.78, 5) is 4.92. The summed E-state index contributed by atoms with van der Waals surface area (Å²) in [5.41, 5.74) is 17.8. The van der Waals surface area contributed by atoms with Crippen molar-refractivity contribution in [3.05, 3.63) is 205 Å². The Morgan fingerprint density at radius 3 is 0.985 bits per heavy atom. The summed E-state index contributed by atoms with van der Waals surface area (Å²) in [6, 6.07) is 73.3. The molecule has 0 amide bonds. The number of rotatable bonds is 8. The third-order valence-electron chi connectivity index (χ3n) is 16.2. The van der Waals surface area contributed by atoms with Gasteiger partial charge in [0.2, 0.25) is 0 Å². The van der Waals surface area contributed by atoms with E-state index in [2.05, 4.69) is 213 Å². The lowest BCUT2D eigenvalue weighted by Crippen LogP contribution is -2.10. The van der Waals surface area contributed by atoms with E-state index >= 15 is 0 Å². The topological polar surface area (TPSA) is 15.3 Å². The molecule has 0 spiro atoms. The maximum absolute atomic E-state index is 2.65. The Kier molecular flexibility index (Phi) is 8.36. The fraction of sp³-hybridized carbons (Fsp3) is 0.156. The van der Waals surface area contributed by atoms with Crippen molar-refractivity contribution >= 4 is 110 Å². The van der Waals surface area contributed by atoms with E-state index in [0.29, 0.717) is 11.8 Å². The normalized spacial score (nSPS) is 15.1. The maximum atomic E-state index is 2.65. The van der Waals surface area contributed by atoms with Gasteiger partial charge in [-0.3, -0.25) is 0 Å². The number of nitrogens with zero attached hydrogens (tertiary/aromatic N) is 4. The highest BCUT2D eigenvalue weighted by Crippen LogP contribution is 2.52. The molecular formula is C64H50N4. The second kappa shape index (κ2) is 14.8. The van der Waals surface area contributed by atoms with Gasteiger partial charge in [-0.05, 0) is 134 Å². The second-order valence-electron chi connectivity index (χ2n) is 19.8. The molecule has 326 valence electrons. The predicted molar refractivity (Wildman–Crippen MR) is 288 cm³/mol. The van der Waals surface area contributed by atoms with Gasteiger partial charge in [0.05, 0.1) is 44.5 Å². The summed E-state index contributed by atoms with van der Waals surface area (Å²) in [5.74, 6) is 1.23. The molecule has 2 aliphatic carbocycles. The van der Waals surface area contributed by atoms with Gasteiger partial charge in [-0.15, -0.1) is 0 Å². The van der Waals surface area contributed by atoms with Crippen molar-refractivity contribution in [3.8, 4) is 0 Å². The molecule has 4 heteroatoms. The van der Waals surface area contributed by atoms with Gasteiger partial charge >= 0.3 is 0 Å². The fourth-order valence-electron chi connectivity index (χ4n) is 13.2. The van der Waals surface area contributed by atoms with Gasteiger partial charge in [-0.2, -0.15) is 0 Å². The minimum Gasteiger partial charge on any atom is -0.310 e. The van der Waals surface area contributed by atoms with Crippen LogP contribution in [0, 0.1) is 0 Å². The highest BCUT2D eigenvalue weighted by atomic mass is 15.2. The molecule has 2 aliphatic rings. The van der Waals surface area contributed by atoms with Crippen molar-refractivity contribution in [2.45, 2.75) is 63.2 Å². The molecule has 15 rings (SSSR count). The minimum atomic E-state index is 0.613. The second-order valence-corrected chi connectivity index (χ2v) is 19.8. The summed E-state index contributed by atoms with van der Waals surface area (Å²) < 4.78 is 5.29. The van der Waals surface area contributed by atoms with E-state index in [1.54, 1.807) is 0 Å². The molecule has 0 atom stereocenters. The zero-order valence-electron chi connectivity index (χ0n) is 38.1. The van der Waals surface area contributed by atoms with E-state index < -0.39 is 0 Å². The first-order valence-electron chi connectivity index (χ1n) is 25.0.